The number of rotatable bonds is 13. The van der Waals surface area contributed by atoms with Crippen LogP contribution in [0.25, 0.3) is 0 Å². The molecule has 0 saturated heterocycles. The van der Waals surface area contributed by atoms with Gasteiger partial charge in [0.15, 0.2) is 0 Å². The molecule has 0 aliphatic heterocycles. The highest BCUT2D eigenvalue weighted by Crippen LogP contribution is 2.42. The second kappa shape index (κ2) is 12.4. The molecule has 3 aromatic rings. The van der Waals surface area contributed by atoms with E-state index in [2.05, 4.69) is 108 Å². The van der Waals surface area contributed by atoms with Gasteiger partial charge in [-0.1, -0.05) is 97.9 Å². The summed E-state index contributed by atoms with van der Waals surface area (Å²) in [4.78, 5) is 2.68. The summed E-state index contributed by atoms with van der Waals surface area (Å²) in [5.41, 5.74) is 9.26. The third kappa shape index (κ3) is 5.62. The first-order valence-corrected chi connectivity index (χ1v) is 11.7. The molecule has 3 N–H and O–H groups in total. The molecule has 31 heavy (non-hydrogen) atoms. The number of nitrogens with one attached hydrogen (secondary N) is 1. The zero-order valence-corrected chi connectivity index (χ0v) is 18.8. The van der Waals surface area contributed by atoms with Crippen molar-refractivity contribution in [2.24, 2.45) is 5.73 Å². The molecule has 0 amide bonds. The molecule has 0 atom stereocenters. The van der Waals surface area contributed by atoms with Crippen LogP contribution in [0.3, 0.4) is 0 Å². The van der Waals surface area contributed by atoms with E-state index in [1.807, 2.05) is 0 Å². The van der Waals surface area contributed by atoms with E-state index >= 15 is 0 Å². The fraction of sp³-hybridized carbons (Fsp3) is 0.357. The molecule has 0 radical (unpaired) electrons. The Morgan fingerprint density at radius 3 is 1.55 bits per heavy atom. The first-order chi connectivity index (χ1) is 15.3. The Morgan fingerprint density at radius 1 is 0.677 bits per heavy atom. The van der Waals surface area contributed by atoms with Gasteiger partial charge in [0, 0.05) is 6.54 Å². The number of hydrogen-bond acceptors (Lipinski definition) is 3. The molecule has 0 unspecified atom stereocenters. The van der Waals surface area contributed by atoms with Gasteiger partial charge in [-0.2, -0.15) is 0 Å². The maximum absolute atomic E-state index is 5.63. The minimum Gasteiger partial charge on any atom is -0.330 e. The largest absolute Gasteiger partial charge is 0.330 e. The van der Waals surface area contributed by atoms with Crippen molar-refractivity contribution in [1.29, 1.82) is 0 Å². The lowest BCUT2D eigenvalue weighted by Gasteiger charge is -2.46. The molecule has 0 heterocycles. The minimum absolute atomic E-state index is 0.322. The van der Waals surface area contributed by atoms with Gasteiger partial charge in [-0.25, -0.2) is 0 Å². The molecule has 0 fully saturated rings. The van der Waals surface area contributed by atoms with Crippen molar-refractivity contribution >= 4 is 0 Å². The van der Waals surface area contributed by atoms with Crippen LogP contribution >= 0.6 is 0 Å². The summed E-state index contributed by atoms with van der Waals surface area (Å²) in [5.74, 6) is 0. The number of nitrogens with zero attached hydrogens (tertiary/aromatic N) is 1. The van der Waals surface area contributed by atoms with Gasteiger partial charge < -0.3 is 11.1 Å². The lowest BCUT2D eigenvalue weighted by Crippen LogP contribution is -2.49. The summed E-state index contributed by atoms with van der Waals surface area (Å²) >= 11 is 0. The van der Waals surface area contributed by atoms with Crippen molar-refractivity contribution in [2.75, 3.05) is 32.7 Å². The second-order valence-corrected chi connectivity index (χ2v) is 8.04. The first kappa shape index (κ1) is 23.2. The van der Waals surface area contributed by atoms with Crippen molar-refractivity contribution in [3.63, 3.8) is 0 Å². The lowest BCUT2D eigenvalue weighted by atomic mass is 9.75. The van der Waals surface area contributed by atoms with Crippen molar-refractivity contribution in [1.82, 2.24) is 10.2 Å². The van der Waals surface area contributed by atoms with Gasteiger partial charge in [0.2, 0.25) is 0 Å². The lowest BCUT2D eigenvalue weighted by molar-refractivity contribution is 0.154. The van der Waals surface area contributed by atoms with Crippen LogP contribution in [0.4, 0.5) is 0 Å². The molecular weight excluding hydrogens is 378 g/mol. The van der Waals surface area contributed by atoms with Crippen LogP contribution in [0.15, 0.2) is 91.0 Å². The highest BCUT2D eigenvalue weighted by molar-refractivity contribution is 5.49. The fourth-order valence-corrected chi connectivity index (χ4v) is 4.55. The topological polar surface area (TPSA) is 41.3 Å². The molecule has 0 spiro atoms. The molecule has 164 valence electrons. The van der Waals surface area contributed by atoms with E-state index in [-0.39, 0.29) is 5.54 Å². The first-order valence-electron chi connectivity index (χ1n) is 11.7. The highest BCUT2D eigenvalue weighted by atomic mass is 15.2. The molecule has 3 nitrogen and oxygen atoms in total. The third-order valence-electron chi connectivity index (χ3n) is 5.88. The van der Waals surface area contributed by atoms with Crippen LogP contribution in [-0.4, -0.2) is 37.6 Å². The standard InChI is InChI=1S/C28H37N3/c1-2-23-31(24-13-22-30-21-12-20-29)28(25-14-6-3-7-15-25,26-16-8-4-9-17-26)27-18-10-5-11-19-27/h3-11,14-19,30H,2,12-13,20-24,29H2,1H3. The van der Waals surface area contributed by atoms with Gasteiger partial charge in [0.05, 0.1) is 5.54 Å². The fourth-order valence-electron chi connectivity index (χ4n) is 4.55. The molecule has 0 saturated carbocycles. The SMILES string of the molecule is CCCN(CCCNCCCN)C(c1ccccc1)(c1ccccc1)c1ccccc1. The van der Waals surface area contributed by atoms with Gasteiger partial charge in [0.25, 0.3) is 0 Å². The Balaban J connectivity index is 2.06. The summed E-state index contributed by atoms with van der Waals surface area (Å²) < 4.78 is 0. The van der Waals surface area contributed by atoms with E-state index in [1.54, 1.807) is 0 Å². The van der Waals surface area contributed by atoms with Gasteiger partial charge in [-0.3, -0.25) is 4.90 Å². The van der Waals surface area contributed by atoms with E-state index in [9.17, 15) is 0 Å². The van der Waals surface area contributed by atoms with E-state index in [4.69, 9.17) is 5.73 Å². The highest BCUT2D eigenvalue weighted by Gasteiger charge is 2.41. The van der Waals surface area contributed by atoms with Gasteiger partial charge in [0.1, 0.15) is 0 Å². The maximum atomic E-state index is 5.63. The van der Waals surface area contributed by atoms with Crippen molar-refractivity contribution in [3.8, 4) is 0 Å². The molecule has 3 aromatic carbocycles. The smallest absolute Gasteiger partial charge is 0.0972 e. The predicted octanol–water partition coefficient (Wildman–Crippen LogP) is 5.02. The van der Waals surface area contributed by atoms with Crippen molar-refractivity contribution in [2.45, 2.75) is 31.7 Å². The molecular formula is C28H37N3. The van der Waals surface area contributed by atoms with E-state index in [0.29, 0.717) is 0 Å². The zero-order chi connectivity index (χ0) is 21.8. The molecule has 0 aliphatic carbocycles. The zero-order valence-electron chi connectivity index (χ0n) is 18.8. The van der Waals surface area contributed by atoms with Crippen LogP contribution in [0, 0.1) is 0 Å². The maximum Gasteiger partial charge on any atom is 0.0972 e. The Hall–Kier alpha value is -2.46. The van der Waals surface area contributed by atoms with Gasteiger partial charge >= 0.3 is 0 Å². The average molecular weight is 416 g/mol. The van der Waals surface area contributed by atoms with Crippen molar-refractivity contribution in [3.05, 3.63) is 108 Å². The third-order valence-corrected chi connectivity index (χ3v) is 5.88. The Labute approximate surface area is 188 Å². The molecule has 3 rings (SSSR count). The summed E-state index contributed by atoms with van der Waals surface area (Å²) in [6, 6.07) is 33.0. The molecule has 0 aliphatic rings. The summed E-state index contributed by atoms with van der Waals surface area (Å²) in [5, 5.41) is 3.55. The molecule has 0 aromatic heterocycles. The van der Waals surface area contributed by atoms with Crippen LogP contribution in [0.2, 0.25) is 0 Å². The molecule has 3 heteroatoms. The number of benzene rings is 3. The van der Waals surface area contributed by atoms with E-state index < -0.39 is 0 Å². The van der Waals surface area contributed by atoms with Crippen LogP contribution < -0.4 is 11.1 Å². The summed E-state index contributed by atoms with van der Waals surface area (Å²) in [6.45, 7) is 7.07. The average Bonchev–Trinajstić information content (AvgIpc) is 2.84. The molecule has 0 bridgehead atoms. The van der Waals surface area contributed by atoms with E-state index in [1.165, 1.54) is 16.7 Å². The van der Waals surface area contributed by atoms with Crippen LogP contribution in [0.5, 0.6) is 0 Å². The van der Waals surface area contributed by atoms with Gasteiger partial charge in [-0.05, 0) is 62.1 Å². The van der Waals surface area contributed by atoms with Gasteiger partial charge in [-0.15, -0.1) is 0 Å². The van der Waals surface area contributed by atoms with Crippen LogP contribution in [-0.2, 0) is 5.54 Å². The number of nitrogens with two attached hydrogens (primary N) is 1. The Bertz CT molecular complexity index is 753. The predicted molar refractivity (Wildman–Crippen MR) is 132 cm³/mol. The van der Waals surface area contributed by atoms with E-state index in [0.717, 1.165) is 52.0 Å². The Kier molecular flexibility index (Phi) is 9.29. The van der Waals surface area contributed by atoms with Crippen molar-refractivity contribution < 1.29 is 0 Å². The van der Waals surface area contributed by atoms with Crippen LogP contribution in [0.1, 0.15) is 42.9 Å². The monoisotopic (exact) mass is 415 g/mol. The minimum atomic E-state index is -0.322. The Morgan fingerprint density at radius 2 is 1.13 bits per heavy atom. The second-order valence-electron chi connectivity index (χ2n) is 8.04. The normalized spacial score (nSPS) is 11.7. The quantitative estimate of drug-likeness (QED) is 0.304. The number of hydrogen-bond donors (Lipinski definition) is 2. The summed E-state index contributed by atoms with van der Waals surface area (Å²) in [6.07, 6.45) is 3.23. The summed E-state index contributed by atoms with van der Waals surface area (Å²) in [7, 11) is 0.